The molecule has 0 aliphatic heterocycles. The number of ketones is 1. The number of methoxy groups -OCH3 is 1. The highest BCUT2D eigenvalue weighted by Gasteiger charge is 2.20. The second-order valence-corrected chi connectivity index (χ2v) is 6.30. The fourth-order valence-corrected chi connectivity index (χ4v) is 2.80. The van der Waals surface area contributed by atoms with Gasteiger partial charge in [0.25, 0.3) is 0 Å². The molecule has 0 spiro atoms. The molecule has 0 atom stereocenters. The average molecular weight is 285 g/mol. The summed E-state index contributed by atoms with van der Waals surface area (Å²) in [5.74, 6) is -0.0857. The molecule has 0 heterocycles. The van der Waals surface area contributed by atoms with E-state index in [-0.39, 0.29) is 10.7 Å². The van der Waals surface area contributed by atoms with Gasteiger partial charge in [0.1, 0.15) is 0 Å². The zero-order chi connectivity index (χ0) is 14.5. The van der Waals surface area contributed by atoms with Crippen LogP contribution in [0, 0.1) is 0 Å². The first-order valence-corrected chi connectivity index (χ1v) is 7.40. The molecule has 1 aromatic rings. The molecule has 0 fully saturated rings. The van der Waals surface area contributed by atoms with E-state index >= 15 is 0 Å². The van der Waals surface area contributed by atoms with Gasteiger partial charge in [-0.05, 0) is 25.5 Å². The molecule has 1 aromatic carbocycles. The van der Waals surface area contributed by atoms with Crippen LogP contribution in [0.3, 0.4) is 0 Å². The van der Waals surface area contributed by atoms with E-state index in [1.54, 1.807) is 7.11 Å². The van der Waals surface area contributed by atoms with E-state index in [0.29, 0.717) is 25.1 Å². The third-order valence-corrected chi connectivity index (χ3v) is 4.66. The van der Waals surface area contributed by atoms with Gasteiger partial charge in [-0.2, -0.15) is 0 Å². The first kappa shape index (κ1) is 15.8. The second kappa shape index (κ2) is 6.79. The molecular weight excluding hydrogens is 266 g/mol. The molecule has 0 amide bonds. The van der Waals surface area contributed by atoms with Gasteiger partial charge in [-0.15, -0.1) is 0 Å². The molecule has 0 radical (unpaired) electrons. The number of Topliss-reactive ketones (excluding diaryl/α,β-unsaturated/α-hetero) is 1. The minimum Gasteiger partial charge on any atom is -0.385 e. The number of sulfonamides is 1. The van der Waals surface area contributed by atoms with E-state index in [1.165, 1.54) is 42.5 Å². The maximum absolute atomic E-state index is 12.2. The van der Waals surface area contributed by atoms with Crippen LogP contribution in [0.4, 0.5) is 0 Å². The summed E-state index contributed by atoms with van der Waals surface area (Å²) in [6.07, 6.45) is 0.637. The summed E-state index contributed by atoms with van der Waals surface area (Å²) < 4.78 is 30.6. The van der Waals surface area contributed by atoms with E-state index in [1.807, 2.05) is 0 Å². The maximum atomic E-state index is 12.2. The molecule has 19 heavy (non-hydrogen) atoms. The predicted molar refractivity (Wildman–Crippen MR) is 72.8 cm³/mol. The van der Waals surface area contributed by atoms with Crippen molar-refractivity contribution < 1.29 is 17.9 Å². The van der Waals surface area contributed by atoms with Gasteiger partial charge in [0.2, 0.25) is 10.0 Å². The summed E-state index contributed by atoms with van der Waals surface area (Å²) in [6.45, 7) is 2.36. The van der Waals surface area contributed by atoms with Gasteiger partial charge in [-0.3, -0.25) is 4.79 Å². The Hall–Kier alpha value is -1.24. The highest BCUT2D eigenvalue weighted by Crippen LogP contribution is 2.15. The van der Waals surface area contributed by atoms with Crippen LogP contribution in [0.15, 0.2) is 29.2 Å². The lowest BCUT2D eigenvalue weighted by molar-refractivity contribution is 0.101. The van der Waals surface area contributed by atoms with Crippen molar-refractivity contribution in [3.05, 3.63) is 29.8 Å². The Labute approximate surface area is 114 Å². The minimum absolute atomic E-state index is 0.0857. The Kier molecular flexibility index (Phi) is 5.65. The molecule has 0 aliphatic carbocycles. The molecule has 6 heteroatoms. The number of nitrogens with zero attached hydrogens (tertiary/aromatic N) is 1. The van der Waals surface area contributed by atoms with Crippen molar-refractivity contribution in [2.24, 2.45) is 0 Å². The molecule has 0 saturated heterocycles. The number of ether oxygens (including phenoxy) is 1. The third-order valence-electron chi connectivity index (χ3n) is 2.79. The van der Waals surface area contributed by atoms with Crippen LogP contribution >= 0.6 is 0 Å². The Morgan fingerprint density at radius 3 is 2.32 bits per heavy atom. The quantitative estimate of drug-likeness (QED) is 0.563. The standard InChI is InChI=1S/C13H19NO4S/c1-11(15)12-5-7-13(8-6-12)19(16,17)14(2)9-4-10-18-3/h5-8H,4,9-10H2,1-3H3. The molecular formula is C13H19NO4S. The molecule has 0 saturated carbocycles. The average Bonchev–Trinajstić information content (AvgIpc) is 2.39. The van der Waals surface area contributed by atoms with Gasteiger partial charge in [0.05, 0.1) is 4.90 Å². The third kappa shape index (κ3) is 4.12. The first-order valence-electron chi connectivity index (χ1n) is 5.96. The summed E-state index contributed by atoms with van der Waals surface area (Å²) in [5, 5.41) is 0. The van der Waals surface area contributed by atoms with Crippen molar-refractivity contribution in [2.45, 2.75) is 18.2 Å². The molecule has 0 bridgehead atoms. The number of benzene rings is 1. The second-order valence-electron chi connectivity index (χ2n) is 4.25. The van der Waals surface area contributed by atoms with E-state index in [4.69, 9.17) is 4.74 Å². The summed E-state index contributed by atoms with van der Waals surface area (Å²) >= 11 is 0. The van der Waals surface area contributed by atoms with Crippen LogP contribution in [-0.4, -0.2) is 45.8 Å². The van der Waals surface area contributed by atoms with Crippen molar-refractivity contribution in [1.82, 2.24) is 4.31 Å². The first-order chi connectivity index (χ1) is 8.89. The van der Waals surface area contributed by atoms with E-state index in [9.17, 15) is 13.2 Å². The summed E-state index contributed by atoms with van der Waals surface area (Å²) in [4.78, 5) is 11.3. The molecule has 0 aromatic heterocycles. The van der Waals surface area contributed by atoms with Crippen LogP contribution in [0.5, 0.6) is 0 Å². The summed E-state index contributed by atoms with van der Waals surface area (Å²) in [6, 6.07) is 5.97. The maximum Gasteiger partial charge on any atom is 0.242 e. The Morgan fingerprint density at radius 1 is 1.26 bits per heavy atom. The number of carbonyl (C=O) groups excluding carboxylic acids is 1. The van der Waals surface area contributed by atoms with Crippen LogP contribution in [0.25, 0.3) is 0 Å². The van der Waals surface area contributed by atoms with Crippen LogP contribution < -0.4 is 0 Å². The van der Waals surface area contributed by atoms with Gasteiger partial charge >= 0.3 is 0 Å². The zero-order valence-corrected chi connectivity index (χ0v) is 12.2. The molecule has 0 aliphatic rings. The van der Waals surface area contributed by atoms with Crippen molar-refractivity contribution in [3.63, 3.8) is 0 Å². The van der Waals surface area contributed by atoms with Gasteiger partial charge in [0, 0.05) is 32.9 Å². The van der Waals surface area contributed by atoms with E-state index < -0.39 is 10.0 Å². The van der Waals surface area contributed by atoms with Crippen molar-refractivity contribution in [1.29, 1.82) is 0 Å². The van der Waals surface area contributed by atoms with Crippen molar-refractivity contribution in [2.75, 3.05) is 27.3 Å². The number of carbonyl (C=O) groups is 1. The minimum atomic E-state index is -3.50. The largest absolute Gasteiger partial charge is 0.385 e. The Bertz CT molecular complexity index is 522. The van der Waals surface area contributed by atoms with E-state index in [2.05, 4.69) is 0 Å². The fourth-order valence-electron chi connectivity index (χ4n) is 1.59. The van der Waals surface area contributed by atoms with Crippen molar-refractivity contribution in [3.8, 4) is 0 Å². The number of hydrogen-bond donors (Lipinski definition) is 0. The molecule has 106 valence electrons. The normalized spacial score (nSPS) is 11.8. The van der Waals surface area contributed by atoms with Crippen molar-refractivity contribution >= 4 is 15.8 Å². The highest BCUT2D eigenvalue weighted by molar-refractivity contribution is 7.89. The lowest BCUT2D eigenvalue weighted by Gasteiger charge is -2.17. The highest BCUT2D eigenvalue weighted by atomic mass is 32.2. The molecule has 0 unspecified atom stereocenters. The zero-order valence-electron chi connectivity index (χ0n) is 11.4. The summed E-state index contributed by atoms with van der Waals surface area (Å²) in [5.41, 5.74) is 0.501. The SMILES string of the molecule is COCCCN(C)S(=O)(=O)c1ccc(C(C)=O)cc1. The summed E-state index contributed by atoms with van der Waals surface area (Å²) in [7, 11) is -0.385. The lowest BCUT2D eigenvalue weighted by Crippen LogP contribution is -2.28. The Morgan fingerprint density at radius 2 is 1.84 bits per heavy atom. The van der Waals surface area contributed by atoms with Gasteiger partial charge in [-0.25, -0.2) is 12.7 Å². The van der Waals surface area contributed by atoms with Crippen LogP contribution in [0.1, 0.15) is 23.7 Å². The number of hydrogen-bond acceptors (Lipinski definition) is 4. The van der Waals surface area contributed by atoms with Crippen LogP contribution in [0.2, 0.25) is 0 Å². The predicted octanol–water partition coefficient (Wildman–Crippen LogP) is 1.55. The monoisotopic (exact) mass is 285 g/mol. The molecule has 1 rings (SSSR count). The molecule has 5 nitrogen and oxygen atoms in total. The fraction of sp³-hybridized carbons (Fsp3) is 0.462. The van der Waals surface area contributed by atoms with Gasteiger partial charge < -0.3 is 4.74 Å². The lowest BCUT2D eigenvalue weighted by atomic mass is 10.2. The van der Waals surface area contributed by atoms with Gasteiger partial charge in [0.15, 0.2) is 5.78 Å². The smallest absolute Gasteiger partial charge is 0.242 e. The Balaban J connectivity index is 2.84. The number of rotatable bonds is 7. The molecule has 0 N–H and O–H groups in total. The topological polar surface area (TPSA) is 63.7 Å². The van der Waals surface area contributed by atoms with Gasteiger partial charge in [-0.1, -0.05) is 12.1 Å². The van der Waals surface area contributed by atoms with Crippen LogP contribution in [-0.2, 0) is 14.8 Å². The van der Waals surface area contributed by atoms with E-state index in [0.717, 1.165) is 0 Å².